The maximum absolute atomic E-state index is 5.49. The van der Waals surface area contributed by atoms with Crippen LogP contribution in [0.1, 0.15) is 52.6 Å². The zero-order chi connectivity index (χ0) is 34.9. The van der Waals surface area contributed by atoms with Gasteiger partial charge in [0.2, 0.25) is 0 Å². The van der Waals surface area contributed by atoms with Crippen molar-refractivity contribution in [2.75, 3.05) is 0 Å². The summed E-state index contributed by atoms with van der Waals surface area (Å²) in [6.45, 7) is 0. The molecule has 0 saturated carbocycles. The molecule has 2 aromatic heterocycles. The fraction of sp³-hybridized carbons (Fsp3) is 0.104. The summed E-state index contributed by atoms with van der Waals surface area (Å²) in [4.78, 5) is 5.49. The van der Waals surface area contributed by atoms with Gasteiger partial charge in [0.15, 0.2) is 6.29 Å². The maximum atomic E-state index is 5.49. The lowest BCUT2D eigenvalue weighted by atomic mass is 9.84. The molecular formula is C48H36N4S. The van der Waals surface area contributed by atoms with Crippen LogP contribution in [-0.4, -0.2) is 10.4 Å². The normalized spacial score (nSPS) is 18.4. The molecule has 1 aliphatic heterocycles. The average Bonchev–Trinajstić information content (AvgIpc) is 3.71. The van der Waals surface area contributed by atoms with Crippen LogP contribution in [0.4, 0.5) is 0 Å². The number of rotatable bonds is 4. The van der Waals surface area contributed by atoms with Crippen molar-refractivity contribution in [1.82, 2.24) is 15.2 Å². The first-order valence-electron chi connectivity index (χ1n) is 18.5. The molecule has 0 saturated heterocycles. The van der Waals surface area contributed by atoms with E-state index in [1.807, 2.05) is 11.3 Å². The molecule has 1 aliphatic carbocycles. The van der Waals surface area contributed by atoms with Crippen molar-refractivity contribution < 1.29 is 0 Å². The number of benzene rings is 7. The van der Waals surface area contributed by atoms with E-state index in [9.17, 15) is 0 Å². The lowest BCUT2D eigenvalue weighted by molar-refractivity contribution is 0.341. The van der Waals surface area contributed by atoms with E-state index < -0.39 is 0 Å². The molecule has 3 atom stereocenters. The monoisotopic (exact) mass is 700 g/mol. The molecule has 9 aromatic rings. The molecule has 7 aromatic carbocycles. The molecule has 0 amide bonds. The summed E-state index contributed by atoms with van der Waals surface area (Å²) in [6, 6.07) is 60.1. The van der Waals surface area contributed by atoms with Gasteiger partial charge in [0.05, 0.1) is 11.0 Å². The molecule has 3 unspecified atom stereocenters. The Hall–Kier alpha value is -6.01. The third-order valence-corrected chi connectivity index (χ3v) is 12.5. The smallest absolute Gasteiger partial charge is 0.184 e. The minimum atomic E-state index is -0.344. The fourth-order valence-electron chi connectivity index (χ4n) is 8.87. The van der Waals surface area contributed by atoms with Crippen LogP contribution >= 0.6 is 11.3 Å². The van der Waals surface area contributed by atoms with Gasteiger partial charge in [-0.15, -0.1) is 11.3 Å². The molecule has 0 spiro atoms. The maximum Gasteiger partial charge on any atom is 0.184 e. The van der Waals surface area contributed by atoms with Crippen LogP contribution < -0.4 is 10.6 Å². The zero-order valence-electron chi connectivity index (χ0n) is 29.0. The summed E-state index contributed by atoms with van der Waals surface area (Å²) >= 11 is 1.85. The molecule has 254 valence electrons. The Morgan fingerprint density at radius 2 is 1.26 bits per heavy atom. The number of nitrogens with zero attached hydrogens (tertiary/aromatic N) is 2. The lowest BCUT2D eigenvalue weighted by Crippen LogP contribution is -2.46. The van der Waals surface area contributed by atoms with Crippen LogP contribution in [-0.2, 0) is 6.42 Å². The molecule has 5 heteroatoms. The number of amidine groups is 1. The van der Waals surface area contributed by atoms with Crippen molar-refractivity contribution in [3.05, 3.63) is 192 Å². The first kappa shape index (κ1) is 30.6. The quantitative estimate of drug-likeness (QED) is 0.192. The molecular weight excluding hydrogens is 665 g/mol. The van der Waals surface area contributed by atoms with Crippen molar-refractivity contribution in [2.24, 2.45) is 4.99 Å². The number of hydrogen-bond donors (Lipinski definition) is 2. The highest BCUT2D eigenvalue weighted by atomic mass is 32.1. The topological polar surface area (TPSA) is 41.4 Å². The molecule has 3 heterocycles. The van der Waals surface area contributed by atoms with Crippen molar-refractivity contribution in [2.45, 2.75) is 31.2 Å². The van der Waals surface area contributed by atoms with E-state index in [1.54, 1.807) is 0 Å². The summed E-state index contributed by atoms with van der Waals surface area (Å²) in [5, 5.41) is 12.9. The van der Waals surface area contributed by atoms with Crippen molar-refractivity contribution in [3.8, 4) is 11.1 Å². The summed E-state index contributed by atoms with van der Waals surface area (Å²) in [7, 11) is 0. The average molecular weight is 701 g/mol. The highest BCUT2D eigenvalue weighted by Gasteiger charge is 2.30. The Morgan fingerprint density at radius 3 is 2.09 bits per heavy atom. The molecule has 53 heavy (non-hydrogen) atoms. The predicted molar refractivity (Wildman–Crippen MR) is 222 cm³/mol. The Labute approximate surface area is 312 Å². The number of hydrogen-bond acceptors (Lipinski definition) is 4. The molecule has 0 bridgehead atoms. The van der Waals surface area contributed by atoms with Crippen LogP contribution in [0.25, 0.3) is 53.1 Å². The van der Waals surface area contributed by atoms with Crippen LogP contribution in [0.3, 0.4) is 0 Å². The van der Waals surface area contributed by atoms with E-state index in [0.29, 0.717) is 5.92 Å². The second kappa shape index (κ2) is 12.3. The number of aromatic nitrogens is 1. The summed E-state index contributed by atoms with van der Waals surface area (Å²) in [5.74, 6) is 1.18. The number of thiophene rings is 1. The Morgan fingerprint density at radius 1 is 0.566 bits per heavy atom. The van der Waals surface area contributed by atoms with E-state index in [0.717, 1.165) is 35.3 Å². The number of para-hydroxylation sites is 2. The SMILES string of the molecule is c1ccc(C2CCc3ccccc3-c3ccc(C4NC(c5ccc6c(c5)sc5ccccc56)=NC(n5c6ccccc6c6ccccc65)N4)cc32)cc1. The Bertz CT molecular complexity index is 2830. The summed E-state index contributed by atoms with van der Waals surface area (Å²) in [6.07, 6.45) is 1.58. The number of aryl methyl sites for hydroxylation is 1. The van der Waals surface area contributed by atoms with Gasteiger partial charge in [-0.25, -0.2) is 4.99 Å². The Balaban J connectivity index is 1.09. The van der Waals surface area contributed by atoms with Gasteiger partial charge in [-0.2, -0.15) is 0 Å². The molecule has 0 fully saturated rings. The number of aliphatic imine (C=N–C) groups is 1. The molecule has 2 aliphatic rings. The molecule has 2 N–H and O–H groups in total. The van der Waals surface area contributed by atoms with E-state index in [1.165, 1.54) is 64.3 Å². The second-order valence-corrected chi connectivity index (χ2v) is 15.4. The molecule has 11 rings (SSSR count). The summed E-state index contributed by atoms with van der Waals surface area (Å²) < 4.78 is 4.95. The van der Waals surface area contributed by atoms with Crippen LogP contribution in [0.2, 0.25) is 0 Å². The van der Waals surface area contributed by atoms with E-state index in [-0.39, 0.29) is 12.5 Å². The highest BCUT2D eigenvalue weighted by molar-refractivity contribution is 7.25. The van der Waals surface area contributed by atoms with Gasteiger partial charge >= 0.3 is 0 Å². The van der Waals surface area contributed by atoms with Crippen molar-refractivity contribution in [3.63, 3.8) is 0 Å². The number of fused-ring (bicyclic) bond motifs is 9. The third kappa shape index (κ3) is 5.03. The van der Waals surface area contributed by atoms with Gasteiger partial charge in [0.1, 0.15) is 12.0 Å². The third-order valence-electron chi connectivity index (χ3n) is 11.4. The van der Waals surface area contributed by atoms with Crippen LogP contribution in [0.15, 0.2) is 169 Å². The van der Waals surface area contributed by atoms with Crippen molar-refractivity contribution in [1.29, 1.82) is 0 Å². The van der Waals surface area contributed by atoms with Gasteiger partial charge in [0.25, 0.3) is 0 Å². The largest absolute Gasteiger partial charge is 0.350 e. The van der Waals surface area contributed by atoms with Gasteiger partial charge < -0.3 is 9.88 Å². The van der Waals surface area contributed by atoms with E-state index >= 15 is 0 Å². The second-order valence-electron chi connectivity index (χ2n) is 14.3. The van der Waals surface area contributed by atoms with Gasteiger partial charge in [-0.3, -0.25) is 5.32 Å². The zero-order valence-corrected chi connectivity index (χ0v) is 29.9. The minimum Gasteiger partial charge on any atom is -0.350 e. The first-order valence-corrected chi connectivity index (χ1v) is 19.4. The minimum absolute atomic E-state index is 0.189. The molecule has 4 nitrogen and oxygen atoms in total. The standard InChI is InChI=1S/C48H36N4S/c1-2-12-30(13-3-1)35-25-22-31-14-4-5-15-34(31)36-26-23-32(28-41(35)36)46-49-47(33-24-27-40-39-18-8-11-21-44(39)53-45(40)29-33)51-48(50-46)52-42-19-9-6-16-37(42)38-17-7-10-20-43(38)52/h1-21,23-24,26-29,35,46,48,50H,22,25H2,(H,49,51). The van der Waals surface area contributed by atoms with Crippen molar-refractivity contribution >= 4 is 59.2 Å². The van der Waals surface area contributed by atoms with Gasteiger partial charge in [-0.05, 0) is 70.5 Å². The predicted octanol–water partition coefficient (Wildman–Crippen LogP) is 11.7. The lowest BCUT2D eigenvalue weighted by Gasteiger charge is -2.34. The number of nitrogens with one attached hydrogen (secondary N) is 2. The fourth-order valence-corrected chi connectivity index (χ4v) is 10.0. The molecule has 0 radical (unpaired) electrons. The van der Waals surface area contributed by atoms with Gasteiger partial charge in [-0.1, -0.05) is 140 Å². The highest BCUT2D eigenvalue weighted by Crippen LogP contribution is 2.43. The van der Waals surface area contributed by atoms with E-state index in [4.69, 9.17) is 4.99 Å². The Kier molecular flexibility index (Phi) is 7.10. The van der Waals surface area contributed by atoms with Crippen LogP contribution in [0, 0.1) is 0 Å². The van der Waals surface area contributed by atoms with E-state index in [2.05, 4.69) is 179 Å². The van der Waals surface area contributed by atoms with Crippen LogP contribution in [0.5, 0.6) is 0 Å². The summed E-state index contributed by atoms with van der Waals surface area (Å²) in [5.41, 5.74) is 11.5. The first-order chi connectivity index (χ1) is 26.3. The van der Waals surface area contributed by atoms with Gasteiger partial charge in [0, 0.05) is 42.4 Å².